The third kappa shape index (κ3) is 3.34. The van der Waals surface area contributed by atoms with Crippen molar-refractivity contribution in [2.45, 2.75) is 19.3 Å². The number of ether oxygens (including phenoxy) is 2. The first kappa shape index (κ1) is 11.7. The van der Waals surface area contributed by atoms with E-state index in [1.54, 1.807) is 0 Å². The normalized spacial score (nSPS) is 13.9. The lowest BCUT2D eigenvalue weighted by Crippen LogP contribution is -2.15. The molecule has 1 aliphatic rings. The minimum Gasteiger partial charge on any atom is -0.486 e. The van der Waals surface area contributed by atoms with E-state index in [0.29, 0.717) is 19.6 Å². The second-order valence-corrected chi connectivity index (χ2v) is 3.90. The molecule has 0 aromatic heterocycles. The first-order valence-corrected chi connectivity index (χ1v) is 5.87. The van der Waals surface area contributed by atoms with Crippen LogP contribution in [0.2, 0.25) is 0 Å². The molecule has 0 saturated heterocycles. The van der Waals surface area contributed by atoms with Gasteiger partial charge in [0, 0.05) is 6.42 Å². The maximum atomic E-state index is 10.1. The number of unbranched alkanes of at least 4 members (excludes halogenated alkanes) is 1. The largest absolute Gasteiger partial charge is 0.486 e. The summed E-state index contributed by atoms with van der Waals surface area (Å²) in [6.45, 7) is 1.24. The molecule has 90 valence electrons. The molecule has 0 aliphatic carbocycles. The van der Waals surface area contributed by atoms with Crippen molar-refractivity contribution >= 4 is 6.29 Å². The van der Waals surface area contributed by atoms with E-state index < -0.39 is 0 Å². The van der Waals surface area contributed by atoms with Crippen LogP contribution in [0.15, 0.2) is 30.4 Å². The van der Waals surface area contributed by atoms with Crippen LogP contribution in [-0.4, -0.2) is 19.5 Å². The highest BCUT2D eigenvalue weighted by atomic mass is 16.6. The molecular weight excluding hydrogens is 216 g/mol. The van der Waals surface area contributed by atoms with Crippen LogP contribution in [0.4, 0.5) is 0 Å². The number of fused-ring (bicyclic) bond motifs is 1. The highest BCUT2D eigenvalue weighted by Gasteiger charge is 2.10. The van der Waals surface area contributed by atoms with Crippen LogP contribution in [0.1, 0.15) is 18.4 Å². The lowest BCUT2D eigenvalue weighted by Gasteiger charge is -2.18. The van der Waals surface area contributed by atoms with Gasteiger partial charge in [-0.1, -0.05) is 18.2 Å². The Kier molecular flexibility index (Phi) is 4.19. The van der Waals surface area contributed by atoms with Crippen LogP contribution in [0, 0.1) is 0 Å². The molecule has 17 heavy (non-hydrogen) atoms. The Morgan fingerprint density at radius 1 is 1.06 bits per heavy atom. The first-order chi connectivity index (χ1) is 8.40. The molecule has 0 bridgehead atoms. The highest BCUT2D eigenvalue weighted by molar-refractivity contribution is 5.49. The van der Waals surface area contributed by atoms with Crippen LogP contribution in [-0.2, 0) is 11.2 Å². The maximum Gasteiger partial charge on any atom is 0.161 e. The number of hydrogen-bond acceptors (Lipinski definition) is 3. The summed E-state index contributed by atoms with van der Waals surface area (Å²) in [6, 6.07) is 6.00. The number of carbonyl (C=O) groups excluding carboxylic acids is 1. The van der Waals surface area contributed by atoms with Gasteiger partial charge in [-0.15, -0.1) is 0 Å². The smallest absolute Gasteiger partial charge is 0.161 e. The lowest BCUT2D eigenvalue weighted by molar-refractivity contribution is -0.107. The fraction of sp³-hybridized carbons (Fsp3) is 0.357. The molecule has 0 spiro atoms. The molecule has 1 aromatic carbocycles. The fourth-order valence-corrected chi connectivity index (χ4v) is 1.72. The quantitative estimate of drug-likeness (QED) is 0.444. The van der Waals surface area contributed by atoms with Gasteiger partial charge in [-0.25, -0.2) is 0 Å². The van der Waals surface area contributed by atoms with Gasteiger partial charge in [0.25, 0.3) is 0 Å². The van der Waals surface area contributed by atoms with Crippen molar-refractivity contribution in [1.82, 2.24) is 0 Å². The van der Waals surface area contributed by atoms with Gasteiger partial charge < -0.3 is 14.3 Å². The Balaban J connectivity index is 1.93. The van der Waals surface area contributed by atoms with Gasteiger partial charge in [0.05, 0.1) is 0 Å². The Morgan fingerprint density at radius 3 is 2.71 bits per heavy atom. The number of aldehydes is 1. The summed E-state index contributed by atoms with van der Waals surface area (Å²) in [4.78, 5) is 10.1. The molecule has 1 aliphatic heterocycles. The molecule has 0 saturated carbocycles. The van der Waals surface area contributed by atoms with Gasteiger partial charge in [0.1, 0.15) is 19.5 Å². The van der Waals surface area contributed by atoms with Crippen molar-refractivity contribution < 1.29 is 14.3 Å². The Morgan fingerprint density at radius 2 is 1.88 bits per heavy atom. The third-order valence-electron chi connectivity index (χ3n) is 2.58. The van der Waals surface area contributed by atoms with Crippen LogP contribution < -0.4 is 9.47 Å². The molecule has 0 unspecified atom stereocenters. The number of benzene rings is 1. The zero-order valence-corrected chi connectivity index (χ0v) is 9.72. The molecule has 2 rings (SSSR count). The van der Waals surface area contributed by atoms with Crippen molar-refractivity contribution in [2.75, 3.05) is 13.2 Å². The maximum absolute atomic E-state index is 10.1. The molecule has 0 N–H and O–H groups in total. The van der Waals surface area contributed by atoms with E-state index in [4.69, 9.17) is 9.47 Å². The lowest BCUT2D eigenvalue weighted by atomic mass is 10.1. The Bertz CT molecular complexity index is 410. The van der Waals surface area contributed by atoms with E-state index in [9.17, 15) is 4.79 Å². The van der Waals surface area contributed by atoms with Crippen molar-refractivity contribution in [3.63, 3.8) is 0 Å². The fourth-order valence-electron chi connectivity index (χ4n) is 1.72. The molecule has 0 atom stereocenters. The summed E-state index contributed by atoms with van der Waals surface area (Å²) in [5.41, 5.74) is 1.19. The predicted molar refractivity (Wildman–Crippen MR) is 65.6 cm³/mol. The van der Waals surface area contributed by atoms with Crippen molar-refractivity contribution in [1.29, 1.82) is 0 Å². The summed E-state index contributed by atoms with van der Waals surface area (Å²) in [5.74, 6) is 1.65. The highest BCUT2D eigenvalue weighted by Crippen LogP contribution is 2.30. The van der Waals surface area contributed by atoms with E-state index in [0.717, 1.165) is 30.6 Å². The second kappa shape index (κ2) is 6.09. The zero-order valence-electron chi connectivity index (χ0n) is 9.72. The second-order valence-electron chi connectivity index (χ2n) is 3.90. The number of allylic oxidation sites excluding steroid dienone is 2. The van der Waals surface area contributed by atoms with E-state index in [-0.39, 0.29) is 0 Å². The summed E-state index contributed by atoms with van der Waals surface area (Å²) in [6.07, 6.45) is 7.32. The minimum atomic E-state index is 0.595. The van der Waals surface area contributed by atoms with Gasteiger partial charge in [-0.2, -0.15) is 0 Å². The van der Waals surface area contributed by atoms with Gasteiger partial charge in [0.15, 0.2) is 11.5 Å². The summed E-state index contributed by atoms with van der Waals surface area (Å²) in [5, 5.41) is 0. The van der Waals surface area contributed by atoms with Gasteiger partial charge in [-0.3, -0.25) is 0 Å². The van der Waals surface area contributed by atoms with E-state index in [1.165, 1.54) is 5.56 Å². The molecule has 1 heterocycles. The molecule has 1 aromatic rings. The van der Waals surface area contributed by atoms with Crippen molar-refractivity contribution in [3.8, 4) is 11.5 Å². The summed E-state index contributed by atoms with van der Waals surface area (Å²) < 4.78 is 11.0. The summed E-state index contributed by atoms with van der Waals surface area (Å²) >= 11 is 0. The Hall–Kier alpha value is -1.77. The molecule has 3 nitrogen and oxygen atoms in total. The number of rotatable bonds is 5. The van der Waals surface area contributed by atoms with E-state index >= 15 is 0 Å². The van der Waals surface area contributed by atoms with Crippen molar-refractivity contribution in [2.24, 2.45) is 0 Å². The van der Waals surface area contributed by atoms with Crippen LogP contribution in [0.3, 0.4) is 0 Å². The minimum absolute atomic E-state index is 0.595. The average Bonchev–Trinajstić information content (AvgIpc) is 2.38. The van der Waals surface area contributed by atoms with Gasteiger partial charge >= 0.3 is 0 Å². The van der Waals surface area contributed by atoms with Gasteiger partial charge in [-0.05, 0) is 30.5 Å². The molecule has 0 radical (unpaired) electrons. The first-order valence-electron chi connectivity index (χ1n) is 5.87. The predicted octanol–water partition coefficient (Wildman–Crippen LogP) is 2.54. The van der Waals surface area contributed by atoms with E-state index in [1.807, 2.05) is 24.3 Å². The monoisotopic (exact) mass is 232 g/mol. The molecule has 0 fully saturated rings. The standard InChI is InChI=1S/C14H16O3/c15-8-4-2-1-3-5-12-6-7-13-14(11-12)17-10-9-16-13/h1,3,6-8,11H,2,4-5,9-10H2. The van der Waals surface area contributed by atoms with Crippen LogP contribution >= 0.6 is 0 Å². The zero-order chi connectivity index (χ0) is 11.9. The average molecular weight is 232 g/mol. The number of hydrogen-bond donors (Lipinski definition) is 0. The van der Waals surface area contributed by atoms with Gasteiger partial charge in [0.2, 0.25) is 0 Å². The SMILES string of the molecule is O=CCCC=CCc1ccc2c(c1)OCCO2. The summed E-state index contributed by atoms with van der Waals surface area (Å²) in [7, 11) is 0. The van der Waals surface area contributed by atoms with Crippen molar-refractivity contribution in [3.05, 3.63) is 35.9 Å². The third-order valence-corrected chi connectivity index (χ3v) is 2.58. The molecular formula is C14H16O3. The van der Waals surface area contributed by atoms with E-state index in [2.05, 4.69) is 6.08 Å². The number of carbonyl (C=O) groups is 1. The van der Waals surface area contributed by atoms with Crippen LogP contribution in [0.25, 0.3) is 0 Å². The Labute approximate surface area is 101 Å². The molecule has 3 heteroatoms. The topological polar surface area (TPSA) is 35.5 Å². The van der Waals surface area contributed by atoms with Crippen LogP contribution in [0.5, 0.6) is 11.5 Å². The molecule has 0 amide bonds.